The number of para-hydroxylation sites is 1. The third-order valence-corrected chi connectivity index (χ3v) is 1.77. The lowest BCUT2D eigenvalue weighted by Crippen LogP contribution is -2.04. The van der Waals surface area contributed by atoms with Gasteiger partial charge in [-0.3, -0.25) is 0 Å². The Bertz CT molecular complexity index is 276. The Morgan fingerprint density at radius 1 is 1.46 bits per heavy atom. The minimum absolute atomic E-state index is 0.136. The van der Waals surface area contributed by atoms with Gasteiger partial charge in [-0.25, -0.2) is 5.90 Å². The van der Waals surface area contributed by atoms with Crippen molar-refractivity contribution in [1.82, 2.24) is 0 Å². The largest absolute Gasteiger partial charge is 0.504 e. The molecule has 4 nitrogen and oxygen atoms in total. The van der Waals surface area contributed by atoms with Crippen molar-refractivity contribution in [3.05, 3.63) is 23.8 Å². The van der Waals surface area contributed by atoms with Gasteiger partial charge in [-0.15, -0.1) is 0 Å². The van der Waals surface area contributed by atoms with Crippen molar-refractivity contribution < 1.29 is 14.7 Å². The molecule has 0 aliphatic heterocycles. The first-order valence-electron chi connectivity index (χ1n) is 3.96. The number of rotatable bonds is 4. The molecule has 0 spiro atoms. The Morgan fingerprint density at radius 3 is 2.85 bits per heavy atom. The van der Waals surface area contributed by atoms with E-state index in [9.17, 15) is 5.11 Å². The monoisotopic (exact) mass is 183 g/mol. The van der Waals surface area contributed by atoms with Gasteiger partial charge in [-0.2, -0.15) is 0 Å². The van der Waals surface area contributed by atoms with Gasteiger partial charge in [-0.05, 0) is 6.07 Å². The second-order valence-electron chi connectivity index (χ2n) is 2.59. The molecule has 0 fully saturated rings. The Labute approximate surface area is 76.8 Å². The van der Waals surface area contributed by atoms with Crippen molar-refractivity contribution in [2.45, 2.75) is 6.42 Å². The van der Waals surface area contributed by atoms with E-state index in [0.717, 1.165) is 5.56 Å². The van der Waals surface area contributed by atoms with E-state index < -0.39 is 0 Å². The molecule has 1 rings (SSSR count). The molecule has 13 heavy (non-hydrogen) atoms. The highest BCUT2D eigenvalue weighted by atomic mass is 16.6. The summed E-state index contributed by atoms with van der Waals surface area (Å²) in [4.78, 5) is 4.45. The summed E-state index contributed by atoms with van der Waals surface area (Å²) < 4.78 is 5.03. The highest BCUT2D eigenvalue weighted by Crippen LogP contribution is 2.29. The Morgan fingerprint density at radius 2 is 2.23 bits per heavy atom. The summed E-state index contributed by atoms with van der Waals surface area (Å²) in [5.74, 6) is 5.52. The van der Waals surface area contributed by atoms with Crippen LogP contribution in [0, 0.1) is 0 Å². The van der Waals surface area contributed by atoms with Crippen molar-refractivity contribution in [3.63, 3.8) is 0 Å². The molecule has 72 valence electrons. The van der Waals surface area contributed by atoms with E-state index in [0.29, 0.717) is 18.8 Å². The van der Waals surface area contributed by atoms with E-state index in [1.807, 2.05) is 6.07 Å². The third-order valence-electron chi connectivity index (χ3n) is 1.77. The maximum absolute atomic E-state index is 9.39. The molecule has 0 saturated heterocycles. The fourth-order valence-electron chi connectivity index (χ4n) is 1.17. The lowest BCUT2D eigenvalue weighted by Gasteiger charge is -2.08. The smallest absolute Gasteiger partial charge is 0.163 e. The summed E-state index contributed by atoms with van der Waals surface area (Å²) in [6.07, 6.45) is 0.619. The molecule has 0 bridgehead atoms. The van der Waals surface area contributed by atoms with Gasteiger partial charge in [0.25, 0.3) is 0 Å². The van der Waals surface area contributed by atoms with Gasteiger partial charge >= 0.3 is 0 Å². The molecule has 0 atom stereocenters. The van der Waals surface area contributed by atoms with Crippen LogP contribution in [0.3, 0.4) is 0 Å². The average molecular weight is 183 g/mol. The molecule has 1 aromatic rings. The van der Waals surface area contributed by atoms with E-state index in [1.54, 1.807) is 12.1 Å². The zero-order valence-electron chi connectivity index (χ0n) is 7.49. The molecule has 3 N–H and O–H groups in total. The highest BCUT2D eigenvalue weighted by molar-refractivity contribution is 5.45. The van der Waals surface area contributed by atoms with Gasteiger partial charge < -0.3 is 14.7 Å². The number of hydrogen-bond donors (Lipinski definition) is 2. The summed E-state index contributed by atoms with van der Waals surface area (Å²) in [6.45, 7) is 0.403. The summed E-state index contributed by atoms with van der Waals surface area (Å²) in [5, 5.41) is 9.39. The Kier molecular flexibility index (Phi) is 3.54. The zero-order valence-corrected chi connectivity index (χ0v) is 7.49. The zero-order chi connectivity index (χ0) is 9.68. The third kappa shape index (κ3) is 2.34. The molecule has 0 aromatic heterocycles. The van der Waals surface area contributed by atoms with Crippen LogP contribution in [-0.4, -0.2) is 18.8 Å². The number of phenolic OH excluding ortho intramolecular Hbond substituents is 1. The first kappa shape index (κ1) is 9.83. The Hall–Kier alpha value is -1.26. The van der Waals surface area contributed by atoms with Crippen molar-refractivity contribution in [2.75, 3.05) is 13.7 Å². The van der Waals surface area contributed by atoms with Gasteiger partial charge in [0.2, 0.25) is 0 Å². The number of ether oxygens (including phenoxy) is 1. The van der Waals surface area contributed by atoms with E-state index in [1.165, 1.54) is 7.11 Å². The van der Waals surface area contributed by atoms with Crippen LogP contribution in [0.2, 0.25) is 0 Å². The van der Waals surface area contributed by atoms with Crippen LogP contribution in [0.5, 0.6) is 11.5 Å². The first-order chi connectivity index (χ1) is 6.29. The van der Waals surface area contributed by atoms with Gasteiger partial charge in [0.1, 0.15) is 0 Å². The Balaban J connectivity index is 2.85. The van der Waals surface area contributed by atoms with E-state index in [-0.39, 0.29) is 5.75 Å². The lowest BCUT2D eigenvalue weighted by atomic mass is 10.1. The summed E-state index contributed by atoms with van der Waals surface area (Å²) >= 11 is 0. The number of nitrogens with two attached hydrogens (primary N) is 1. The maximum Gasteiger partial charge on any atom is 0.163 e. The van der Waals surface area contributed by atoms with Crippen LogP contribution in [0.25, 0.3) is 0 Å². The fraction of sp³-hybridized carbons (Fsp3) is 0.333. The summed E-state index contributed by atoms with van der Waals surface area (Å²) in [5.41, 5.74) is 0.882. The van der Waals surface area contributed by atoms with Crippen molar-refractivity contribution in [1.29, 1.82) is 0 Å². The van der Waals surface area contributed by atoms with E-state index in [2.05, 4.69) is 4.84 Å². The van der Waals surface area contributed by atoms with E-state index in [4.69, 9.17) is 10.6 Å². The lowest BCUT2D eigenvalue weighted by molar-refractivity contribution is 0.140. The SMILES string of the molecule is COc1c(O)cccc1CCON. The molecule has 0 unspecified atom stereocenters. The quantitative estimate of drug-likeness (QED) is 0.679. The van der Waals surface area contributed by atoms with Crippen LogP contribution < -0.4 is 10.6 Å². The van der Waals surface area contributed by atoms with Crippen LogP contribution in [-0.2, 0) is 11.3 Å². The molecule has 0 saturated carbocycles. The predicted octanol–water partition coefficient (Wildman–Crippen LogP) is 0.834. The molecule has 0 aliphatic carbocycles. The van der Waals surface area contributed by atoms with Crippen LogP contribution in [0.1, 0.15) is 5.56 Å². The maximum atomic E-state index is 9.39. The van der Waals surface area contributed by atoms with Crippen LogP contribution >= 0.6 is 0 Å². The molecule has 0 aliphatic rings. The predicted molar refractivity (Wildman–Crippen MR) is 48.5 cm³/mol. The number of aromatic hydroxyl groups is 1. The normalized spacial score (nSPS) is 10.0. The molecule has 4 heteroatoms. The average Bonchev–Trinajstić information content (AvgIpc) is 2.15. The highest BCUT2D eigenvalue weighted by Gasteiger charge is 2.06. The molecule has 0 radical (unpaired) electrons. The topological polar surface area (TPSA) is 64.7 Å². The fourth-order valence-corrected chi connectivity index (χ4v) is 1.17. The van der Waals surface area contributed by atoms with Gasteiger partial charge in [0.05, 0.1) is 13.7 Å². The number of benzene rings is 1. The van der Waals surface area contributed by atoms with Crippen LogP contribution in [0.4, 0.5) is 0 Å². The number of hydrogen-bond acceptors (Lipinski definition) is 4. The molecular weight excluding hydrogens is 170 g/mol. The van der Waals surface area contributed by atoms with Crippen molar-refractivity contribution >= 4 is 0 Å². The second kappa shape index (κ2) is 4.69. The minimum atomic E-state index is 0.136. The van der Waals surface area contributed by atoms with Gasteiger partial charge in [0, 0.05) is 12.0 Å². The second-order valence-corrected chi connectivity index (χ2v) is 2.59. The van der Waals surface area contributed by atoms with Gasteiger partial charge in [-0.1, -0.05) is 12.1 Å². The summed E-state index contributed by atoms with van der Waals surface area (Å²) in [6, 6.07) is 5.19. The number of methoxy groups -OCH3 is 1. The summed E-state index contributed by atoms with van der Waals surface area (Å²) in [7, 11) is 1.52. The first-order valence-corrected chi connectivity index (χ1v) is 3.96. The van der Waals surface area contributed by atoms with Gasteiger partial charge in [0.15, 0.2) is 11.5 Å². The molecule has 0 heterocycles. The standard InChI is InChI=1S/C9H13NO3/c1-12-9-7(5-6-13-10)3-2-4-8(9)11/h2-4,11H,5-6,10H2,1H3. The molecular formula is C9H13NO3. The van der Waals surface area contributed by atoms with Crippen LogP contribution in [0.15, 0.2) is 18.2 Å². The van der Waals surface area contributed by atoms with Crippen molar-refractivity contribution in [3.8, 4) is 11.5 Å². The molecule has 0 amide bonds. The molecule has 1 aromatic carbocycles. The van der Waals surface area contributed by atoms with E-state index >= 15 is 0 Å². The minimum Gasteiger partial charge on any atom is -0.504 e. The van der Waals surface area contributed by atoms with Crippen molar-refractivity contribution in [2.24, 2.45) is 5.90 Å². The number of phenols is 1.